The molecule has 0 spiro atoms. The van der Waals surface area contributed by atoms with Crippen molar-refractivity contribution in [3.05, 3.63) is 29.8 Å². The van der Waals surface area contributed by atoms with Crippen molar-refractivity contribution in [3.63, 3.8) is 0 Å². The molecule has 0 saturated heterocycles. The van der Waals surface area contributed by atoms with Gasteiger partial charge in [0.25, 0.3) is 0 Å². The summed E-state index contributed by atoms with van der Waals surface area (Å²) in [6.07, 6.45) is 3.13. The molecular formula is C13H18O3. The Bertz CT molecular complexity index is 334. The van der Waals surface area contributed by atoms with E-state index in [0.717, 1.165) is 19.3 Å². The predicted octanol–water partition coefficient (Wildman–Crippen LogP) is 3.04. The van der Waals surface area contributed by atoms with Crippen LogP contribution >= 0.6 is 0 Å². The Kier molecular flexibility index (Phi) is 5.40. The summed E-state index contributed by atoms with van der Waals surface area (Å²) in [4.78, 5) is 11.6. The van der Waals surface area contributed by atoms with E-state index in [4.69, 9.17) is 9.47 Å². The molecule has 0 heterocycles. The summed E-state index contributed by atoms with van der Waals surface area (Å²) < 4.78 is 10.2. The summed E-state index contributed by atoms with van der Waals surface area (Å²) in [5.41, 5.74) is 0.538. The summed E-state index contributed by atoms with van der Waals surface area (Å²) >= 11 is 0. The molecule has 0 aliphatic carbocycles. The Labute approximate surface area is 96.4 Å². The minimum Gasteiger partial charge on any atom is -0.497 e. The lowest BCUT2D eigenvalue weighted by Crippen LogP contribution is -2.06. The standard InChI is InChI=1S/C13H18O3/c1-3-4-5-9-16-13(14)11-7-6-8-12(10-11)15-2/h6-8,10H,3-5,9H2,1-2H3. The molecule has 0 bridgehead atoms. The maximum atomic E-state index is 11.6. The van der Waals surface area contributed by atoms with Crippen LogP contribution in [0.1, 0.15) is 36.5 Å². The molecule has 3 heteroatoms. The van der Waals surface area contributed by atoms with E-state index in [0.29, 0.717) is 17.9 Å². The van der Waals surface area contributed by atoms with Gasteiger partial charge in [-0.25, -0.2) is 4.79 Å². The molecule has 16 heavy (non-hydrogen) atoms. The maximum Gasteiger partial charge on any atom is 0.338 e. The highest BCUT2D eigenvalue weighted by atomic mass is 16.5. The molecule has 3 nitrogen and oxygen atoms in total. The summed E-state index contributed by atoms with van der Waals surface area (Å²) in [6.45, 7) is 2.60. The third kappa shape index (κ3) is 3.93. The Morgan fingerprint density at radius 2 is 2.12 bits per heavy atom. The summed E-state index contributed by atoms with van der Waals surface area (Å²) in [7, 11) is 1.58. The van der Waals surface area contributed by atoms with Crippen molar-refractivity contribution < 1.29 is 14.3 Å². The van der Waals surface area contributed by atoms with E-state index in [-0.39, 0.29) is 5.97 Å². The van der Waals surface area contributed by atoms with E-state index < -0.39 is 0 Å². The van der Waals surface area contributed by atoms with Gasteiger partial charge in [-0.05, 0) is 24.6 Å². The third-order valence-electron chi connectivity index (χ3n) is 2.29. The molecule has 0 atom stereocenters. The van der Waals surface area contributed by atoms with Crippen molar-refractivity contribution in [1.29, 1.82) is 0 Å². The molecule has 1 aromatic carbocycles. The number of benzene rings is 1. The van der Waals surface area contributed by atoms with Gasteiger partial charge in [0, 0.05) is 0 Å². The smallest absolute Gasteiger partial charge is 0.338 e. The molecule has 0 aliphatic heterocycles. The number of hydrogen-bond donors (Lipinski definition) is 0. The highest BCUT2D eigenvalue weighted by molar-refractivity contribution is 5.89. The molecule has 1 rings (SSSR count). The Hall–Kier alpha value is -1.51. The molecule has 0 amide bonds. The van der Waals surface area contributed by atoms with Gasteiger partial charge in [0.15, 0.2) is 0 Å². The fraction of sp³-hybridized carbons (Fsp3) is 0.462. The third-order valence-corrected chi connectivity index (χ3v) is 2.29. The second-order valence-corrected chi connectivity index (χ2v) is 3.57. The fourth-order valence-corrected chi connectivity index (χ4v) is 1.35. The van der Waals surface area contributed by atoms with Crippen molar-refractivity contribution in [3.8, 4) is 5.75 Å². The first kappa shape index (κ1) is 12.6. The van der Waals surface area contributed by atoms with Crippen LogP contribution in [-0.2, 0) is 4.74 Å². The minimum absolute atomic E-state index is 0.282. The monoisotopic (exact) mass is 222 g/mol. The van der Waals surface area contributed by atoms with E-state index >= 15 is 0 Å². The zero-order valence-corrected chi connectivity index (χ0v) is 9.86. The van der Waals surface area contributed by atoms with E-state index in [2.05, 4.69) is 6.92 Å². The first-order valence-corrected chi connectivity index (χ1v) is 5.59. The van der Waals surface area contributed by atoms with Crippen LogP contribution in [-0.4, -0.2) is 19.7 Å². The summed E-state index contributed by atoms with van der Waals surface area (Å²) in [6, 6.07) is 6.99. The maximum absolute atomic E-state index is 11.6. The first-order valence-electron chi connectivity index (χ1n) is 5.59. The SMILES string of the molecule is CCCCCOC(=O)c1cccc(OC)c1. The molecule has 0 unspecified atom stereocenters. The number of rotatable bonds is 6. The first-order chi connectivity index (χ1) is 7.77. The number of unbranched alkanes of at least 4 members (excludes halogenated alkanes) is 2. The molecule has 0 N–H and O–H groups in total. The largest absolute Gasteiger partial charge is 0.497 e. The van der Waals surface area contributed by atoms with Crippen LogP contribution < -0.4 is 4.74 Å². The van der Waals surface area contributed by atoms with Gasteiger partial charge in [-0.15, -0.1) is 0 Å². The van der Waals surface area contributed by atoms with Gasteiger partial charge in [-0.2, -0.15) is 0 Å². The van der Waals surface area contributed by atoms with Crippen LogP contribution in [0.3, 0.4) is 0 Å². The van der Waals surface area contributed by atoms with Crippen molar-refractivity contribution in [1.82, 2.24) is 0 Å². The van der Waals surface area contributed by atoms with Gasteiger partial charge >= 0.3 is 5.97 Å². The zero-order valence-electron chi connectivity index (χ0n) is 9.86. The summed E-state index contributed by atoms with van der Waals surface area (Å²) in [5, 5.41) is 0. The average Bonchev–Trinajstić information content (AvgIpc) is 2.34. The van der Waals surface area contributed by atoms with Crippen LogP contribution in [0.2, 0.25) is 0 Å². The van der Waals surface area contributed by atoms with Gasteiger partial charge in [0.05, 0.1) is 19.3 Å². The van der Waals surface area contributed by atoms with Crippen molar-refractivity contribution in [2.75, 3.05) is 13.7 Å². The van der Waals surface area contributed by atoms with Gasteiger partial charge in [-0.1, -0.05) is 25.8 Å². The molecule has 0 aliphatic rings. The van der Waals surface area contributed by atoms with Gasteiger partial charge in [0.1, 0.15) is 5.75 Å². The van der Waals surface area contributed by atoms with Crippen LogP contribution in [0, 0.1) is 0 Å². The number of ether oxygens (including phenoxy) is 2. The number of carbonyl (C=O) groups is 1. The zero-order chi connectivity index (χ0) is 11.8. The molecular weight excluding hydrogens is 204 g/mol. The van der Waals surface area contributed by atoms with E-state index in [9.17, 15) is 4.79 Å². The van der Waals surface area contributed by atoms with Crippen LogP contribution in [0.5, 0.6) is 5.75 Å². The van der Waals surface area contributed by atoms with Crippen molar-refractivity contribution >= 4 is 5.97 Å². The highest BCUT2D eigenvalue weighted by Crippen LogP contribution is 2.13. The lowest BCUT2D eigenvalue weighted by Gasteiger charge is -2.05. The molecule has 1 aromatic rings. The molecule has 0 saturated carbocycles. The Morgan fingerprint density at radius 1 is 1.31 bits per heavy atom. The predicted molar refractivity (Wildman–Crippen MR) is 62.8 cm³/mol. The highest BCUT2D eigenvalue weighted by Gasteiger charge is 2.07. The summed E-state index contributed by atoms with van der Waals surface area (Å²) in [5.74, 6) is 0.387. The quantitative estimate of drug-likeness (QED) is 0.548. The van der Waals surface area contributed by atoms with E-state index in [1.165, 1.54) is 0 Å². The Balaban J connectivity index is 2.46. The molecule has 0 fully saturated rings. The molecule has 0 aromatic heterocycles. The second-order valence-electron chi connectivity index (χ2n) is 3.57. The molecule has 88 valence electrons. The molecule has 0 radical (unpaired) electrons. The Morgan fingerprint density at radius 3 is 2.81 bits per heavy atom. The average molecular weight is 222 g/mol. The topological polar surface area (TPSA) is 35.5 Å². The minimum atomic E-state index is -0.282. The number of carbonyl (C=O) groups excluding carboxylic acids is 1. The van der Waals surface area contributed by atoms with Crippen LogP contribution in [0.25, 0.3) is 0 Å². The lowest BCUT2D eigenvalue weighted by atomic mass is 10.2. The second kappa shape index (κ2) is 6.88. The van der Waals surface area contributed by atoms with Gasteiger partial charge < -0.3 is 9.47 Å². The lowest BCUT2D eigenvalue weighted by molar-refractivity contribution is 0.0498. The normalized spacial score (nSPS) is 9.88. The van der Waals surface area contributed by atoms with Gasteiger partial charge in [0.2, 0.25) is 0 Å². The van der Waals surface area contributed by atoms with E-state index in [1.807, 2.05) is 0 Å². The van der Waals surface area contributed by atoms with Crippen LogP contribution in [0.4, 0.5) is 0 Å². The fourth-order valence-electron chi connectivity index (χ4n) is 1.35. The number of hydrogen-bond acceptors (Lipinski definition) is 3. The van der Waals surface area contributed by atoms with E-state index in [1.54, 1.807) is 31.4 Å². The van der Waals surface area contributed by atoms with Gasteiger partial charge in [-0.3, -0.25) is 0 Å². The van der Waals surface area contributed by atoms with Crippen molar-refractivity contribution in [2.45, 2.75) is 26.2 Å². The van der Waals surface area contributed by atoms with Crippen molar-refractivity contribution in [2.24, 2.45) is 0 Å². The number of esters is 1. The number of methoxy groups -OCH3 is 1. The van der Waals surface area contributed by atoms with Crippen LogP contribution in [0.15, 0.2) is 24.3 Å².